The van der Waals surface area contributed by atoms with E-state index in [0.717, 1.165) is 6.42 Å². The summed E-state index contributed by atoms with van der Waals surface area (Å²) >= 11 is 0. The van der Waals surface area contributed by atoms with Crippen molar-refractivity contribution >= 4 is 10.8 Å². The molecule has 0 aliphatic carbocycles. The maximum absolute atomic E-state index is 11.9. The molecule has 2 N–H and O–H groups in total. The Balaban J connectivity index is 1.91. The summed E-state index contributed by atoms with van der Waals surface area (Å²) in [4.78, 5) is 0. The van der Waals surface area contributed by atoms with Crippen LogP contribution in [0.4, 0.5) is 8.78 Å². The summed E-state index contributed by atoms with van der Waals surface area (Å²) < 4.78 is 28.7. The van der Waals surface area contributed by atoms with Crippen LogP contribution in [0.25, 0.3) is 10.8 Å². The van der Waals surface area contributed by atoms with Gasteiger partial charge in [0.1, 0.15) is 6.61 Å². The van der Waals surface area contributed by atoms with E-state index < -0.39 is 13.0 Å². The molecule has 0 spiro atoms. The zero-order chi connectivity index (χ0) is 14.4. The molecule has 2 rings (SSSR count). The lowest BCUT2D eigenvalue weighted by molar-refractivity contribution is 0.0153. The number of alkyl halides is 2. The van der Waals surface area contributed by atoms with Gasteiger partial charge in [-0.15, -0.1) is 0 Å². The number of nitrogens with two attached hydrogens (primary N) is 1. The molecule has 0 saturated carbocycles. The Morgan fingerprint density at radius 3 is 2.60 bits per heavy atom. The second-order valence-corrected chi connectivity index (χ2v) is 4.86. The van der Waals surface area contributed by atoms with Crippen LogP contribution < -0.4 is 5.73 Å². The molecule has 1 unspecified atom stereocenters. The van der Waals surface area contributed by atoms with Gasteiger partial charge in [-0.25, -0.2) is 8.78 Å². The lowest BCUT2D eigenvalue weighted by atomic mass is 9.98. The van der Waals surface area contributed by atoms with Crippen molar-refractivity contribution in [2.75, 3.05) is 13.2 Å². The first-order chi connectivity index (χ1) is 9.66. The Labute approximate surface area is 117 Å². The first-order valence-electron chi connectivity index (χ1n) is 6.75. The van der Waals surface area contributed by atoms with Gasteiger partial charge < -0.3 is 10.5 Å². The van der Waals surface area contributed by atoms with E-state index in [1.807, 2.05) is 18.2 Å². The van der Waals surface area contributed by atoms with E-state index in [0.29, 0.717) is 6.42 Å². The number of hydrogen-bond donors (Lipinski definition) is 1. The van der Waals surface area contributed by atoms with Gasteiger partial charge in [-0.3, -0.25) is 0 Å². The van der Waals surface area contributed by atoms with Crippen molar-refractivity contribution in [3.63, 3.8) is 0 Å². The van der Waals surface area contributed by atoms with E-state index in [1.54, 1.807) is 0 Å². The predicted molar refractivity (Wildman–Crippen MR) is 77.1 cm³/mol. The van der Waals surface area contributed by atoms with Gasteiger partial charge in [-0.2, -0.15) is 0 Å². The third-order valence-corrected chi connectivity index (χ3v) is 3.24. The van der Waals surface area contributed by atoms with Crippen molar-refractivity contribution in [2.45, 2.75) is 25.3 Å². The fourth-order valence-electron chi connectivity index (χ4n) is 2.26. The number of rotatable bonds is 7. The van der Waals surface area contributed by atoms with Gasteiger partial charge in [0.2, 0.25) is 0 Å². The minimum absolute atomic E-state index is 0.0847. The molecular formula is C16H19F2NO. The van der Waals surface area contributed by atoms with E-state index >= 15 is 0 Å². The third-order valence-electron chi connectivity index (χ3n) is 3.24. The molecule has 108 valence electrons. The summed E-state index contributed by atoms with van der Waals surface area (Å²) in [5.41, 5.74) is 7.23. The standard InChI is InChI=1S/C16H19F2NO/c17-16(18)11-20-9-8-14(19)10-13-6-3-5-12-4-1-2-7-15(12)13/h1-7,14,16H,8-11,19H2. The van der Waals surface area contributed by atoms with Crippen LogP contribution in [-0.4, -0.2) is 25.7 Å². The molecule has 0 amide bonds. The SMILES string of the molecule is NC(CCOCC(F)F)Cc1cccc2ccccc12. The fourth-order valence-corrected chi connectivity index (χ4v) is 2.26. The van der Waals surface area contributed by atoms with Gasteiger partial charge in [0.25, 0.3) is 6.43 Å². The van der Waals surface area contributed by atoms with Crippen molar-refractivity contribution in [2.24, 2.45) is 5.73 Å². The van der Waals surface area contributed by atoms with Gasteiger partial charge in [-0.1, -0.05) is 42.5 Å². The Morgan fingerprint density at radius 2 is 1.80 bits per heavy atom. The maximum atomic E-state index is 11.9. The predicted octanol–water partition coefficient (Wildman–Crippen LogP) is 3.38. The average molecular weight is 279 g/mol. The van der Waals surface area contributed by atoms with Crippen LogP contribution in [0, 0.1) is 0 Å². The van der Waals surface area contributed by atoms with Crippen LogP contribution in [0.1, 0.15) is 12.0 Å². The molecule has 20 heavy (non-hydrogen) atoms. The zero-order valence-electron chi connectivity index (χ0n) is 11.3. The van der Waals surface area contributed by atoms with Crippen molar-refractivity contribution < 1.29 is 13.5 Å². The molecule has 0 aliphatic heterocycles. The van der Waals surface area contributed by atoms with Gasteiger partial charge in [0.15, 0.2) is 0 Å². The van der Waals surface area contributed by atoms with Crippen LogP contribution in [0.15, 0.2) is 42.5 Å². The first-order valence-corrected chi connectivity index (χ1v) is 6.75. The quantitative estimate of drug-likeness (QED) is 0.789. The first kappa shape index (κ1) is 14.9. The monoisotopic (exact) mass is 279 g/mol. The lowest BCUT2D eigenvalue weighted by Crippen LogP contribution is -2.25. The molecule has 2 nitrogen and oxygen atoms in total. The summed E-state index contributed by atoms with van der Waals surface area (Å²) in [7, 11) is 0. The molecule has 0 aliphatic rings. The topological polar surface area (TPSA) is 35.2 Å². The van der Waals surface area contributed by atoms with Gasteiger partial charge in [0, 0.05) is 12.6 Å². The lowest BCUT2D eigenvalue weighted by Gasteiger charge is -2.13. The van der Waals surface area contributed by atoms with E-state index in [1.165, 1.54) is 16.3 Å². The summed E-state index contributed by atoms with van der Waals surface area (Å²) in [6, 6.07) is 14.2. The number of halogens is 2. The number of ether oxygens (including phenoxy) is 1. The molecule has 2 aromatic rings. The van der Waals surface area contributed by atoms with Crippen molar-refractivity contribution in [3.05, 3.63) is 48.0 Å². The fraction of sp³-hybridized carbons (Fsp3) is 0.375. The summed E-state index contributed by atoms with van der Waals surface area (Å²) in [5.74, 6) is 0. The van der Waals surface area contributed by atoms with E-state index in [2.05, 4.69) is 24.3 Å². The average Bonchev–Trinajstić information content (AvgIpc) is 2.44. The Hall–Kier alpha value is -1.52. The second kappa shape index (κ2) is 7.31. The highest BCUT2D eigenvalue weighted by Crippen LogP contribution is 2.19. The minimum Gasteiger partial charge on any atom is -0.375 e. The largest absolute Gasteiger partial charge is 0.375 e. The zero-order valence-corrected chi connectivity index (χ0v) is 11.3. The highest BCUT2D eigenvalue weighted by atomic mass is 19.3. The summed E-state index contributed by atoms with van der Waals surface area (Å²) in [6.07, 6.45) is -1.11. The summed E-state index contributed by atoms with van der Waals surface area (Å²) in [6.45, 7) is -0.239. The highest BCUT2D eigenvalue weighted by Gasteiger charge is 2.08. The molecule has 0 radical (unpaired) electrons. The number of benzene rings is 2. The normalized spacial score (nSPS) is 13.0. The second-order valence-electron chi connectivity index (χ2n) is 4.86. The Kier molecular flexibility index (Phi) is 5.44. The third kappa shape index (κ3) is 4.25. The smallest absolute Gasteiger partial charge is 0.261 e. The van der Waals surface area contributed by atoms with E-state index in [4.69, 9.17) is 10.5 Å². The van der Waals surface area contributed by atoms with Crippen LogP contribution >= 0.6 is 0 Å². The van der Waals surface area contributed by atoms with Crippen LogP contribution in [0.5, 0.6) is 0 Å². The van der Waals surface area contributed by atoms with Gasteiger partial charge in [0.05, 0.1) is 0 Å². The molecular weight excluding hydrogens is 260 g/mol. The van der Waals surface area contributed by atoms with Crippen LogP contribution in [0.2, 0.25) is 0 Å². The number of fused-ring (bicyclic) bond motifs is 1. The Morgan fingerprint density at radius 1 is 1.05 bits per heavy atom. The molecule has 0 fully saturated rings. The molecule has 0 saturated heterocycles. The summed E-state index contributed by atoms with van der Waals surface area (Å²) in [5, 5.41) is 2.38. The van der Waals surface area contributed by atoms with E-state index in [9.17, 15) is 8.78 Å². The van der Waals surface area contributed by atoms with Crippen LogP contribution in [0.3, 0.4) is 0 Å². The minimum atomic E-state index is -2.41. The molecule has 0 heterocycles. The van der Waals surface area contributed by atoms with E-state index in [-0.39, 0.29) is 12.6 Å². The molecule has 1 atom stereocenters. The van der Waals surface area contributed by atoms with Gasteiger partial charge >= 0.3 is 0 Å². The molecule has 4 heteroatoms. The van der Waals surface area contributed by atoms with Crippen molar-refractivity contribution in [1.29, 1.82) is 0 Å². The molecule has 0 bridgehead atoms. The van der Waals surface area contributed by atoms with Crippen molar-refractivity contribution in [3.8, 4) is 0 Å². The molecule has 0 aromatic heterocycles. The Bertz CT molecular complexity index is 539. The highest BCUT2D eigenvalue weighted by molar-refractivity contribution is 5.85. The number of hydrogen-bond acceptors (Lipinski definition) is 2. The molecule has 2 aromatic carbocycles. The van der Waals surface area contributed by atoms with Gasteiger partial charge in [-0.05, 0) is 29.2 Å². The van der Waals surface area contributed by atoms with Crippen molar-refractivity contribution in [1.82, 2.24) is 0 Å². The van der Waals surface area contributed by atoms with Crippen LogP contribution in [-0.2, 0) is 11.2 Å². The maximum Gasteiger partial charge on any atom is 0.261 e.